The van der Waals surface area contributed by atoms with E-state index in [1.54, 1.807) is 48.5 Å². The third-order valence-electron chi connectivity index (χ3n) is 3.40. The molecule has 0 fully saturated rings. The van der Waals surface area contributed by atoms with Gasteiger partial charge in [0.05, 0.1) is 0 Å². The van der Waals surface area contributed by atoms with E-state index in [4.69, 9.17) is 4.74 Å². The predicted molar refractivity (Wildman–Crippen MR) is 92.7 cm³/mol. The van der Waals surface area contributed by atoms with Crippen LogP contribution in [0.2, 0.25) is 0 Å². The van der Waals surface area contributed by atoms with Crippen LogP contribution in [-0.2, 0) is 0 Å². The summed E-state index contributed by atoms with van der Waals surface area (Å²) in [5.74, 6) is 1.21. The van der Waals surface area contributed by atoms with E-state index >= 15 is 0 Å². The number of anilines is 1. The van der Waals surface area contributed by atoms with Gasteiger partial charge < -0.3 is 10.1 Å². The number of carbonyl (C=O) groups is 2. The number of carbonyl (C=O) groups excluding carboxylic acids is 2. The van der Waals surface area contributed by atoms with Crippen molar-refractivity contribution < 1.29 is 14.3 Å². The van der Waals surface area contributed by atoms with Crippen LogP contribution in [0.4, 0.5) is 5.69 Å². The summed E-state index contributed by atoms with van der Waals surface area (Å²) in [6.07, 6.45) is 0.743. The van der Waals surface area contributed by atoms with E-state index in [0.717, 1.165) is 12.0 Å². The van der Waals surface area contributed by atoms with Gasteiger partial charge in [0.1, 0.15) is 17.8 Å². The van der Waals surface area contributed by atoms with Crippen molar-refractivity contribution in [3.63, 3.8) is 0 Å². The first-order valence-corrected chi connectivity index (χ1v) is 7.44. The molecule has 0 aliphatic carbocycles. The number of hydrogen-bond acceptors (Lipinski definition) is 3. The van der Waals surface area contributed by atoms with Crippen molar-refractivity contribution in [2.24, 2.45) is 0 Å². The minimum Gasteiger partial charge on any atom is -0.457 e. The topological polar surface area (TPSA) is 55.4 Å². The monoisotopic (exact) mass is 317 g/mol. The zero-order valence-corrected chi connectivity index (χ0v) is 12.8. The molecule has 4 nitrogen and oxygen atoms in total. The Hall–Kier alpha value is -3.40. The van der Waals surface area contributed by atoms with Gasteiger partial charge in [-0.25, -0.2) is 0 Å². The maximum atomic E-state index is 12.2. The van der Waals surface area contributed by atoms with Crippen LogP contribution in [0.25, 0.3) is 0 Å². The van der Waals surface area contributed by atoms with E-state index in [0.29, 0.717) is 22.6 Å². The minimum atomic E-state index is -0.232. The van der Waals surface area contributed by atoms with E-state index < -0.39 is 0 Å². The van der Waals surface area contributed by atoms with Crippen molar-refractivity contribution >= 4 is 17.9 Å². The first-order chi connectivity index (χ1) is 11.7. The summed E-state index contributed by atoms with van der Waals surface area (Å²) in [5, 5.41) is 2.80. The molecule has 24 heavy (non-hydrogen) atoms. The first-order valence-electron chi connectivity index (χ1n) is 7.44. The van der Waals surface area contributed by atoms with Crippen molar-refractivity contribution in [2.45, 2.75) is 0 Å². The number of rotatable bonds is 5. The largest absolute Gasteiger partial charge is 0.457 e. The number of para-hydroxylation sites is 1. The summed E-state index contributed by atoms with van der Waals surface area (Å²) in [4.78, 5) is 22.8. The third-order valence-corrected chi connectivity index (χ3v) is 3.40. The van der Waals surface area contributed by atoms with Gasteiger partial charge in [-0.1, -0.05) is 30.3 Å². The number of benzene rings is 3. The second-order valence-corrected chi connectivity index (χ2v) is 5.13. The molecule has 0 heterocycles. The Bertz CT molecular complexity index is 825. The highest BCUT2D eigenvalue weighted by atomic mass is 16.5. The highest BCUT2D eigenvalue weighted by Gasteiger charge is 2.06. The molecule has 0 saturated heterocycles. The molecule has 0 unspecified atom stereocenters. The Kier molecular flexibility index (Phi) is 4.68. The van der Waals surface area contributed by atoms with Gasteiger partial charge >= 0.3 is 0 Å². The van der Waals surface area contributed by atoms with Crippen LogP contribution in [-0.4, -0.2) is 12.2 Å². The lowest BCUT2D eigenvalue weighted by Gasteiger charge is -2.08. The molecule has 3 rings (SSSR count). The zero-order chi connectivity index (χ0) is 16.8. The van der Waals surface area contributed by atoms with E-state index in [1.807, 2.05) is 30.3 Å². The maximum Gasteiger partial charge on any atom is 0.255 e. The first kappa shape index (κ1) is 15.5. The summed E-state index contributed by atoms with van der Waals surface area (Å²) >= 11 is 0. The standard InChI is InChI=1S/C20H15NO3/c22-14-15-6-8-16(9-7-15)20(23)21-17-10-12-19(13-11-17)24-18-4-2-1-3-5-18/h1-14H,(H,21,23). The van der Waals surface area contributed by atoms with Crippen LogP contribution in [0, 0.1) is 0 Å². The number of aldehydes is 1. The molecule has 1 amide bonds. The molecule has 0 spiro atoms. The molecule has 3 aromatic rings. The van der Waals surface area contributed by atoms with Crippen LogP contribution >= 0.6 is 0 Å². The van der Waals surface area contributed by atoms with Gasteiger partial charge in [0.15, 0.2) is 0 Å². The Morgan fingerprint density at radius 2 is 1.42 bits per heavy atom. The number of amides is 1. The second kappa shape index (κ2) is 7.24. The number of nitrogens with one attached hydrogen (secondary N) is 1. The maximum absolute atomic E-state index is 12.2. The summed E-state index contributed by atoms with van der Waals surface area (Å²) in [7, 11) is 0. The highest BCUT2D eigenvalue weighted by molar-refractivity contribution is 6.04. The fraction of sp³-hybridized carbons (Fsp3) is 0. The normalized spacial score (nSPS) is 10.0. The van der Waals surface area contributed by atoms with Crippen LogP contribution in [0.5, 0.6) is 11.5 Å². The van der Waals surface area contributed by atoms with Gasteiger partial charge in [-0.2, -0.15) is 0 Å². The average Bonchev–Trinajstić information content (AvgIpc) is 2.64. The molecule has 1 N–H and O–H groups in total. The fourth-order valence-corrected chi connectivity index (χ4v) is 2.15. The molecule has 0 bridgehead atoms. The van der Waals surface area contributed by atoms with E-state index in [-0.39, 0.29) is 5.91 Å². The molecule has 0 aliphatic rings. The summed E-state index contributed by atoms with van der Waals surface area (Å²) < 4.78 is 5.70. The molecular formula is C20H15NO3. The lowest BCUT2D eigenvalue weighted by Crippen LogP contribution is -2.11. The molecule has 0 radical (unpaired) electrons. The van der Waals surface area contributed by atoms with E-state index in [2.05, 4.69) is 5.32 Å². The quantitative estimate of drug-likeness (QED) is 0.703. The van der Waals surface area contributed by atoms with E-state index in [1.165, 1.54) is 0 Å². The highest BCUT2D eigenvalue weighted by Crippen LogP contribution is 2.22. The van der Waals surface area contributed by atoms with Crippen LogP contribution in [0.1, 0.15) is 20.7 Å². The molecule has 0 aromatic heterocycles. The number of hydrogen-bond donors (Lipinski definition) is 1. The molecule has 0 aliphatic heterocycles. The Morgan fingerprint density at radius 3 is 2.04 bits per heavy atom. The average molecular weight is 317 g/mol. The molecule has 4 heteroatoms. The summed E-state index contributed by atoms with van der Waals surface area (Å²) in [5.41, 5.74) is 1.69. The molecule has 0 atom stereocenters. The fourth-order valence-electron chi connectivity index (χ4n) is 2.15. The second-order valence-electron chi connectivity index (χ2n) is 5.13. The molecule has 0 saturated carbocycles. The lowest BCUT2D eigenvalue weighted by atomic mass is 10.1. The summed E-state index contributed by atoms with van der Waals surface area (Å²) in [6.45, 7) is 0. The smallest absolute Gasteiger partial charge is 0.255 e. The van der Waals surface area contributed by atoms with E-state index in [9.17, 15) is 9.59 Å². The van der Waals surface area contributed by atoms with Gasteiger partial charge in [0, 0.05) is 16.8 Å². The number of ether oxygens (including phenoxy) is 1. The summed E-state index contributed by atoms with van der Waals surface area (Å²) in [6, 6.07) is 23.1. The SMILES string of the molecule is O=Cc1ccc(C(=O)Nc2ccc(Oc3ccccc3)cc2)cc1. The van der Waals surface area contributed by atoms with Crippen molar-refractivity contribution in [1.82, 2.24) is 0 Å². The predicted octanol–water partition coefficient (Wildman–Crippen LogP) is 4.54. The van der Waals surface area contributed by atoms with Crippen molar-refractivity contribution in [3.8, 4) is 11.5 Å². The molecular weight excluding hydrogens is 302 g/mol. The Labute approximate surface area is 139 Å². The van der Waals surface area contributed by atoms with Crippen LogP contribution in [0.15, 0.2) is 78.9 Å². The minimum absolute atomic E-state index is 0.232. The van der Waals surface area contributed by atoms with Crippen molar-refractivity contribution in [1.29, 1.82) is 0 Å². The van der Waals surface area contributed by atoms with Gasteiger partial charge in [-0.3, -0.25) is 9.59 Å². The van der Waals surface area contributed by atoms with Crippen LogP contribution in [0.3, 0.4) is 0 Å². The lowest BCUT2D eigenvalue weighted by molar-refractivity contribution is 0.102. The zero-order valence-electron chi connectivity index (χ0n) is 12.8. The van der Waals surface area contributed by atoms with Gasteiger partial charge in [-0.15, -0.1) is 0 Å². The Morgan fingerprint density at radius 1 is 0.792 bits per heavy atom. The van der Waals surface area contributed by atoms with Gasteiger partial charge in [0.2, 0.25) is 0 Å². The molecule has 118 valence electrons. The van der Waals surface area contributed by atoms with Crippen molar-refractivity contribution in [3.05, 3.63) is 90.0 Å². The van der Waals surface area contributed by atoms with Gasteiger partial charge in [0.25, 0.3) is 5.91 Å². The van der Waals surface area contributed by atoms with Gasteiger partial charge in [-0.05, 0) is 48.5 Å². The van der Waals surface area contributed by atoms with Crippen LogP contribution < -0.4 is 10.1 Å². The third kappa shape index (κ3) is 3.87. The molecule has 3 aromatic carbocycles. The Balaban J connectivity index is 1.65. The van der Waals surface area contributed by atoms with Crippen molar-refractivity contribution in [2.75, 3.05) is 5.32 Å².